The maximum atomic E-state index is 13.6. The molecule has 4 amide bonds. The van der Waals surface area contributed by atoms with Crippen LogP contribution in [-0.4, -0.2) is 83.3 Å². The second-order valence-corrected chi connectivity index (χ2v) is 14.3. The summed E-state index contributed by atoms with van der Waals surface area (Å²) in [6, 6.07) is 5.44. The number of nitrogens with one attached hydrogen (secondary N) is 3. The smallest absolute Gasteiger partial charge is 0.408 e. The predicted octanol–water partition coefficient (Wildman–Crippen LogP) is 5.00. The number of nitrogens with zero attached hydrogens (tertiary/aromatic N) is 3. The topological polar surface area (TPSA) is 191 Å². The lowest BCUT2D eigenvalue weighted by molar-refractivity contribution is -0.135. The van der Waals surface area contributed by atoms with Gasteiger partial charge in [-0.05, 0) is 70.9 Å². The number of hydrogen-bond donors (Lipinski definition) is 3. The van der Waals surface area contributed by atoms with Crippen LogP contribution >= 0.6 is 0 Å². The first-order valence-electron chi connectivity index (χ1n) is 18.2. The predicted molar refractivity (Wildman–Crippen MR) is 191 cm³/mol. The number of amides is 4. The molecule has 1 unspecified atom stereocenters. The van der Waals surface area contributed by atoms with Crippen LogP contribution in [0.1, 0.15) is 127 Å². The van der Waals surface area contributed by atoms with Crippen LogP contribution in [0.5, 0.6) is 5.75 Å². The van der Waals surface area contributed by atoms with Crippen LogP contribution in [0.2, 0.25) is 0 Å². The lowest BCUT2D eigenvalue weighted by atomic mass is 10.0. The monoisotopic (exact) mass is 728 g/mol. The molecule has 0 bridgehead atoms. The molecule has 3 rings (SSSR count). The number of likely N-dealkylation sites (tertiary alicyclic amines) is 1. The van der Waals surface area contributed by atoms with Gasteiger partial charge in [-0.15, -0.1) is 0 Å². The molecular formula is C37H56N6O9. The average Bonchev–Trinajstić information content (AvgIpc) is 3.77. The van der Waals surface area contributed by atoms with E-state index in [0.29, 0.717) is 49.8 Å². The van der Waals surface area contributed by atoms with Gasteiger partial charge in [0.05, 0.1) is 13.7 Å². The minimum atomic E-state index is -0.748. The Bertz CT molecular complexity index is 1470. The molecule has 1 aromatic heterocycles. The molecule has 2 aromatic rings. The molecule has 1 aromatic carbocycles. The number of methoxy groups -OCH3 is 1. The van der Waals surface area contributed by atoms with Crippen LogP contribution in [0.25, 0.3) is 0 Å². The number of benzene rings is 1. The molecular weight excluding hydrogens is 672 g/mol. The van der Waals surface area contributed by atoms with E-state index >= 15 is 0 Å². The van der Waals surface area contributed by atoms with Crippen LogP contribution in [0.4, 0.5) is 4.79 Å². The van der Waals surface area contributed by atoms with Gasteiger partial charge in [0.2, 0.25) is 17.7 Å². The van der Waals surface area contributed by atoms with Crippen molar-refractivity contribution in [2.75, 3.05) is 26.8 Å². The van der Waals surface area contributed by atoms with Gasteiger partial charge in [0.25, 0.3) is 5.91 Å². The van der Waals surface area contributed by atoms with Gasteiger partial charge >= 0.3 is 12.1 Å². The molecule has 15 heteroatoms. The fourth-order valence-corrected chi connectivity index (χ4v) is 5.78. The first-order valence-corrected chi connectivity index (χ1v) is 18.2. The maximum Gasteiger partial charge on any atom is 0.408 e. The number of ether oxygens (including phenoxy) is 3. The van der Waals surface area contributed by atoms with Crippen molar-refractivity contribution in [3.05, 3.63) is 41.5 Å². The zero-order chi connectivity index (χ0) is 38.1. The van der Waals surface area contributed by atoms with E-state index in [2.05, 4.69) is 26.1 Å². The molecule has 1 aliphatic heterocycles. The third-order valence-electron chi connectivity index (χ3n) is 8.25. The van der Waals surface area contributed by atoms with E-state index in [1.807, 2.05) is 13.8 Å². The largest absolute Gasteiger partial charge is 0.483 e. The highest BCUT2D eigenvalue weighted by Crippen LogP contribution is 2.32. The first kappa shape index (κ1) is 41.7. The number of carbonyl (C=O) groups excluding carboxylic acids is 5. The van der Waals surface area contributed by atoms with Crippen LogP contribution in [0.15, 0.2) is 28.8 Å². The lowest BCUT2D eigenvalue weighted by Gasteiger charge is -2.29. The van der Waals surface area contributed by atoms with Crippen molar-refractivity contribution in [3.8, 4) is 5.75 Å². The van der Waals surface area contributed by atoms with Gasteiger partial charge in [0.15, 0.2) is 12.4 Å². The molecule has 1 saturated heterocycles. The van der Waals surface area contributed by atoms with Crippen molar-refractivity contribution >= 4 is 29.8 Å². The summed E-state index contributed by atoms with van der Waals surface area (Å²) in [5.74, 6) is -0.0134. The van der Waals surface area contributed by atoms with E-state index in [-0.39, 0.29) is 42.4 Å². The normalized spacial score (nSPS) is 14.8. The molecule has 1 fully saturated rings. The Kier molecular flexibility index (Phi) is 16.8. The number of alkyl carbamates (subject to hydrolysis) is 1. The minimum Gasteiger partial charge on any atom is -0.483 e. The fourth-order valence-electron chi connectivity index (χ4n) is 5.78. The van der Waals surface area contributed by atoms with Crippen molar-refractivity contribution in [2.45, 2.75) is 123 Å². The quantitative estimate of drug-likeness (QED) is 0.123. The highest BCUT2D eigenvalue weighted by molar-refractivity contribution is 5.92. The van der Waals surface area contributed by atoms with E-state index in [0.717, 1.165) is 44.9 Å². The van der Waals surface area contributed by atoms with Crippen molar-refractivity contribution in [1.29, 1.82) is 0 Å². The number of hydrogen-bond acceptors (Lipinski definition) is 11. The SMILES string of the molecule is COC(=O)c1ccccc1OCC(=O)NCCCCCCCCC(=O)NCc1noc([C@H]2CCCN2C(=O)C(CC(C)C)NC(=O)OC(C)(C)C)n1. The zero-order valence-corrected chi connectivity index (χ0v) is 31.5. The molecule has 0 saturated carbocycles. The van der Waals surface area contributed by atoms with E-state index in [4.69, 9.17) is 18.7 Å². The molecule has 1 aliphatic rings. The number of unbranched alkanes of at least 4 members (excludes halogenated alkanes) is 5. The summed E-state index contributed by atoms with van der Waals surface area (Å²) in [6.45, 7) is 10.2. The van der Waals surface area contributed by atoms with Gasteiger partial charge in [-0.3, -0.25) is 14.4 Å². The van der Waals surface area contributed by atoms with E-state index in [9.17, 15) is 24.0 Å². The summed E-state index contributed by atoms with van der Waals surface area (Å²) in [5.41, 5.74) is -0.421. The van der Waals surface area contributed by atoms with Crippen molar-refractivity contribution in [3.63, 3.8) is 0 Å². The van der Waals surface area contributed by atoms with Gasteiger partial charge in [0, 0.05) is 19.5 Å². The second-order valence-electron chi connectivity index (χ2n) is 14.3. The first-order chi connectivity index (χ1) is 24.8. The number of rotatable bonds is 20. The maximum absolute atomic E-state index is 13.6. The number of aromatic nitrogens is 2. The van der Waals surface area contributed by atoms with Gasteiger partial charge in [0.1, 0.15) is 29.0 Å². The Morgan fingerprint density at radius 1 is 0.981 bits per heavy atom. The Hall–Kier alpha value is -4.69. The highest BCUT2D eigenvalue weighted by atomic mass is 16.6. The average molecular weight is 729 g/mol. The van der Waals surface area contributed by atoms with Crippen LogP contribution < -0.4 is 20.7 Å². The summed E-state index contributed by atoms with van der Waals surface area (Å²) in [5, 5.41) is 12.4. The third-order valence-corrected chi connectivity index (χ3v) is 8.25. The van der Waals surface area contributed by atoms with Crippen LogP contribution in [0.3, 0.4) is 0 Å². The lowest BCUT2D eigenvalue weighted by Crippen LogP contribution is -2.50. The summed E-state index contributed by atoms with van der Waals surface area (Å²) < 4.78 is 21.1. The van der Waals surface area contributed by atoms with Crippen LogP contribution in [0, 0.1) is 5.92 Å². The van der Waals surface area contributed by atoms with Crippen molar-refractivity contribution < 1.29 is 42.7 Å². The minimum absolute atomic E-state index is 0.104. The number of carbonyl (C=O) groups is 5. The Labute approximate surface area is 306 Å². The number of para-hydroxylation sites is 1. The summed E-state index contributed by atoms with van der Waals surface area (Å²) in [6.07, 6.45) is 7.00. The van der Waals surface area contributed by atoms with Gasteiger partial charge in [-0.2, -0.15) is 4.98 Å². The molecule has 15 nitrogen and oxygen atoms in total. The molecule has 0 spiro atoms. The second kappa shape index (κ2) is 21.0. The van der Waals surface area contributed by atoms with Crippen molar-refractivity contribution in [1.82, 2.24) is 31.0 Å². The van der Waals surface area contributed by atoms with Crippen LogP contribution in [-0.2, 0) is 30.4 Å². The van der Waals surface area contributed by atoms with Crippen molar-refractivity contribution in [2.24, 2.45) is 5.92 Å². The van der Waals surface area contributed by atoms with E-state index in [1.54, 1.807) is 49.9 Å². The summed E-state index contributed by atoms with van der Waals surface area (Å²) >= 11 is 0. The Morgan fingerprint density at radius 3 is 2.40 bits per heavy atom. The molecule has 0 aliphatic carbocycles. The zero-order valence-electron chi connectivity index (χ0n) is 31.5. The fraction of sp³-hybridized carbons (Fsp3) is 0.649. The summed E-state index contributed by atoms with van der Waals surface area (Å²) in [7, 11) is 1.29. The van der Waals surface area contributed by atoms with E-state index in [1.165, 1.54) is 7.11 Å². The van der Waals surface area contributed by atoms with Gasteiger partial charge in [-0.1, -0.05) is 56.8 Å². The van der Waals surface area contributed by atoms with Gasteiger partial charge < -0.3 is 39.6 Å². The molecule has 2 atom stereocenters. The highest BCUT2D eigenvalue weighted by Gasteiger charge is 2.38. The number of esters is 1. The molecule has 3 N–H and O–H groups in total. The summed E-state index contributed by atoms with van der Waals surface area (Å²) in [4.78, 5) is 68.6. The molecule has 2 heterocycles. The Balaban J connectivity index is 1.29. The Morgan fingerprint density at radius 2 is 1.69 bits per heavy atom. The third kappa shape index (κ3) is 14.5. The molecule has 0 radical (unpaired) electrons. The standard InChI is InChI=1S/C37H56N6O9/c1-25(2)22-27(40-36(48)51-37(3,4)5)34(46)43-21-15-17-28(43)33-41-30(42-52-33)23-39-31(44)19-11-9-7-8-10-14-20-38-32(45)24-50-29-18-13-12-16-26(29)35(47)49-6/h12-13,16,18,25,27-28H,7-11,14-15,17,19-24H2,1-6H3,(H,38,45)(H,39,44)(H,40,48)/t27?,28-/m1/s1. The molecule has 288 valence electrons. The van der Waals surface area contributed by atoms with E-state index < -0.39 is 29.7 Å². The molecule has 52 heavy (non-hydrogen) atoms. The van der Waals surface area contributed by atoms with Gasteiger partial charge in [-0.25, -0.2) is 9.59 Å².